The van der Waals surface area contributed by atoms with E-state index in [1.807, 2.05) is 0 Å². The monoisotopic (exact) mass is 169 g/mol. The summed E-state index contributed by atoms with van der Waals surface area (Å²) in [6, 6.07) is 0. The summed E-state index contributed by atoms with van der Waals surface area (Å²) < 4.78 is 0. The molecule has 0 saturated carbocycles. The number of likely N-dealkylation sites (tertiary alicyclic amines) is 1. The lowest BCUT2D eigenvalue weighted by Gasteiger charge is -2.10. The van der Waals surface area contributed by atoms with Crippen LogP contribution in [0.1, 0.15) is 19.3 Å². The smallest absolute Gasteiger partial charge is 0.328 e. The Morgan fingerprint density at radius 3 is 2.92 bits per heavy atom. The van der Waals surface area contributed by atoms with E-state index in [0.717, 1.165) is 37.9 Å². The maximum absolute atomic E-state index is 10.4. The van der Waals surface area contributed by atoms with Crippen molar-refractivity contribution in [1.82, 2.24) is 4.90 Å². The molecule has 0 aromatic rings. The topological polar surface area (TPSA) is 40.5 Å². The molecular formula is C9H15NO2. The van der Waals surface area contributed by atoms with E-state index >= 15 is 0 Å². The van der Waals surface area contributed by atoms with Crippen molar-refractivity contribution in [2.45, 2.75) is 19.3 Å². The van der Waals surface area contributed by atoms with Crippen LogP contribution < -0.4 is 0 Å². The average molecular weight is 169 g/mol. The highest BCUT2D eigenvalue weighted by molar-refractivity contribution is 5.80. The first-order valence-electron chi connectivity index (χ1n) is 4.29. The Kier molecular flexibility index (Phi) is 3.29. The number of nitrogens with zero attached hydrogens (tertiary/aromatic N) is 1. The Hall–Kier alpha value is -0.830. The standard InChI is InChI=1S/C9H15NO2/c1-10-5-2-3-8(4-6-10)7-9(11)12/h7H,2-6H2,1H3,(H,11,12)/b8-7+. The molecule has 1 rings (SSSR count). The van der Waals surface area contributed by atoms with Gasteiger partial charge in [0.1, 0.15) is 0 Å². The minimum Gasteiger partial charge on any atom is -0.478 e. The first kappa shape index (κ1) is 9.26. The van der Waals surface area contributed by atoms with Crippen LogP contribution in [-0.2, 0) is 4.79 Å². The van der Waals surface area contributed by atoms with Crippen LogP contribution in [0.15, 0.2) is 11.6 Å². The van der Waals surface area contributed by atoms with Crippen molar-refractivity contribution >= 4 is 5.97 Å². The highest BCUT2D eigenvalue weighted by Gasteiger charge is 2.08. The van der Waals surface area contributed by atoms with Crippen molar-refractivity contribution in [3.8, 4) is 0 Å². The molecular weight excluding hydrogens is 154 g/mol. The Labute approximate surface area is 72.7 Å². The molecule has 0 radical (unpaired) electrons. The van der Waals surface area contributed by atoms with Gasteiger partial charge in [0.25, 0.3) is 0 Å². The quantitative estimate of drug-likeness (QED) is 0.598. The molecule has 1 aliphatic rings. The van der Waals surface area contributed by atoms with Crippen molar-refractivity contribution < 1.29 is 9.90 Å². The first-order chi connectivity index (χ1) is 5.68. The van der Waals surface area contributed by atoms with E-state index in [9.17, 15) is 4.79 Å². The van der Waals surface area contributed by atoms with E-state index in [2.05, 4.69) is 11.9 Å². The van der Waals surface area contributed by atoms with Crippen molar-refractivity contribution in [2.75, 3.05) is 20.1 Å². The summed E-state index contributed by atoms with van der Waals surface area (Å²) in [5.74, 6) is -0.811. The lowest BCUT2D eigenvalue weighted by Crippen LogP contribution is -2.18. The molecule has 0 unspecified atom stereocenters. The normalized spacial score (nSPS) is 23.9. The summed E-state index contributed by atoms with van der Waals surface area (Å²) in [5.41, 5.74) is 1.08. The zero-order chi connectivity index (χ0) is 8.97. The molecule has 1 fully saturated rings. The second kappa shape index (κ2) is 4.26. The Balaban J connectivity index is 2.51. The van der Waals surface area contributed by atoms with Crippen LogP contribution >= 0.6 is 0 Å². The van der Waals surface area contributed by atoms with Gasteiger partial charge in [-0.05, 0) is 32.9 Å². The van der Waals surface area contributed by atoms with Crippen LogP contribution in [0, 0.1) is 0 Å². The summed E-state index contributed by atoms with van der Waals surface area (Å²) in [5, 5.41) is 8.53. The average Bonchev–Trinajstić information content (AvgIpc) is 2.15. The molecule has 1 heterocycles. The second-order valence-electron chi connectivity index (χ2n) is 3.30. The van der Waals surface area contributed by atoms with Gasteiger partial charge in [-0.3, -0.25) is 0 Å². The fraction of sp³-hybridized carbons (Fsp3) is 0.667. The van der Waals surface area contributed by atoms with Gasteiger partial charge in [0, 0.05) is 12.6 Å². The van der Waals surface area contributed by atoms with Gasteiger partial charge in [-0.25, -0.2) is 4.79 Å². The van der Waals surface area contributed by atoms with Crippen molar-refractivity contribution in [3.63, 3.8) is 0 Å². The number of aliphatic carboxylic acids is 1. The molecule has 0 spiro atoms. The van der Waals surface area contributed by atoms with Gasteiger partial charge in [0.15, 0.2) is 0 Å². The summed E-state index contributed by atoms with van der Waals surface area (Å²) >= 11 is 0. The van der Waals surface area contributed by atoms with E-state index < -0.39 is 5.97 Å². The zero-order valence-electron chi connectivity index (χ0n) is 7.42. The third kappa shape index (κ3) is 3.05. The number of hydrogen-bond donors (Lipinski definition) is 1. The van der Waals surface area contributed by atoms with Gasteiger partial charge >= 0.3 is 5.97 Å². The third-order valence-corrected chi connectivity index (χ3v) is 2.18. The minimum absolute atomic E-state index is 0.811. The van der Waals surface area contributed by atoms with E-state index in [1.54, 1.807) is 0 Å². The van der Waals surface area contributed by atoms with E-state index in [0.29, 0.717) is 0 Å². The number of carboxylic acids is 1. The molecule has 0 aromatic carbocycles. The molecule has 0 amide bonds. The van der Waals surface area contributed by atoms with Crippen molar-refractivity contribution in [2.24, 2.45) is 0 Å². The van der Waals surface area contributed by atoms with Gasteiger partial charge in [-0.15, -0.1) is 0 Å². The Morgan fingerprint density at radius 1 is 1.50 bits per heavy atom. The summed E-state index contributed by atoms with van der Waals surface area (Å²) in [6.45, 7) is 2.07. The molecule has 1 N–H and O–H groups in total. The number of hydrogen-bond acceptors (Lipinski definition) is 2. The predicted octanol–water partition coefficient (Wildman–Crippen LogP) is 1.11. The van der Waals surface area contributed by atoms with Gasteiger partial charge in [0.05, 0.1) is 0 Å². The van der Waals surface area contributed by atoms with Crippen molar-refractivity contribution in [1.29, 1.82) is 0 Å². The lowest BCUT2D eigenvalue weighted by molar-refractivity contribution is -0.131. The molecule has 0 atom stereocenters. The Morgan fingerprint density at radius 2 is 2.25 bits per heavy atom. The van der Waals surface area contributed by atoms with E-state index in [1.165, 1.54) is 6.08 Å². The first-order valence-corrected chi connectivity index (χ1v) is 4.29. The molecule has 12 heavy (non-hydrogen) atoms. The second-order valence-corrected chi connectivity index (χ2v) is 3.30. The predicted molar refractivity (Wildman–Crippen MR) is 47.1 cm³/mol. The molecule has 3 heteroatoms. The fourth-order valence-corrected chi connectivity index (χ4v) is 1.47. The van der Waals surface area contributed by atoms with Gasteiger partial charge in [-0.1, -0.05) is 5.57 Å². The van der Waals surface area contributed by atoms with Gasteiger partial charge in [-0.2, -0.15) is 0 Å². The maximum atomic E-state index is 10.4. The molecule has 0 aromatic heterocycles. The molecule has 3 nitrogen and oxygen atoms in total. The van der Waals surface area contributed by atoms with Crippen LogP contribution in [0.2, 0.25) is 0 Å². The largest absolute Gasteiger partial charge is 0.478 e. The van der Waals surface area contributed by atoms with Crippen LogP contribution in [0.25, 0.3) is 0 Å². The molecule has 0 aliphatic carbocycles. The maximum Gasteiger partial charge on any atom is 0.328 e. The molecule has 68 valence electrons. The van der Waals surface area contributed by atoms with Gasteiger partial charge in [0.2, 0.25) is 0 Å². The molecule has 0 bridgehead atoms. The summed E-state index contributed by atoms with van der Waals surface area (Å²) in [6.07, 6.45) is 4.29. The zero-order valence-corrected chi connectivity index (χ0v) is 7.42. The minimum atomic E-state index is -0.811. The number of carbonyl (C=O) groups is 1. The summed E-state index contributed by atoms with van der Waals surface area (Å²) in [7, 11) is 2.07. The van der Waals surface area contributed by atoms with Crippen LogP contribution in [0.5, 0.6) is 0 Å². The van der Waals surface area contributed by atoms with Crippen molar-refractivity contribution in [3.05, 3.63) is 11.6 Å². The fourth-order valence-electron chi connectivity index (χ4n) is 1.47. The highest BCUT2D eigenvalue weighted by atomic mass is 16.4. The molecule has 1 aliphatic heterocycles. The van der Waals surface area contributed by atoms with Crippen LogP contribution in [-0.4, -0.2) is 36.1 Å². The lowest BCUT2D eigenvalue weighted by atomic mass is 10.1. The summed E-state index contributed by atoms with van der Waals surface area (Å²) in [4.78, 5) is 12.6. The number of rotatable bonds is 1. The number of carboxylic acid groups (broad SMARTS) is 1. The molecule has 1 saturated heterocycles. The van der Waals surface area contributed by atoms with E-state index in [4.69, 9.17) is 5.11 Å². The SMILES string of the molecule is CN1CCC/C(=C\C(=O)O)CC1. The Bertz CT molecular complexity index is 199. The highest BCUT2D eigenvalue weighted by Crippen LogP contribution is 2.14. The third-order valence-electron chi connectivity index (χ3n) is 2.18. The van der Waals surface area contributed by atoms with E-state index in [-0.39, 0.29) is 0 Å². The van der Waals surface area contributed by atoms with Crippen LogP contribution in [0.4, 0.5) is 0 Å². The van der Waals surface area contributed by atoms with Crippen LogP contribution in [0.3, 0.4) is 0 Å². The van der Waals surface area contributed by atoms with Gasteiger partial charge < -0.3 is 10.0 Å².